The molecule has 88 valence electrons. The van der Waals surface area contributed by atoms with Crippen molar-refractivity contribution in [2.75, 3.05) is 18.0 Å². The smallest absolute Gasteiger partial charge is 0.150 e. The Labute approximate surface area is 96.1 Å². The highest BCUT2D eigenvalue weighted by Crippen LogP contribution is 2.18. The quantitative estimate of drug-likeness (QED) is 0.690. The van der Waals surface area contributed by atoms with Crippen molar-refractivity contribution in [2.45, 2.75) is 26.7 Å². The van der Waals surface area contributed by atoms with Crippen molar-refractivity contribution >= 4 is 12.0 Å². The molecule has 0 fully saturated rings. The second-order valence-corrected chi connectivity index (χ2v) is 3.79. The zero-order valence-corrected chi connectivity index (χ0v) is 9.87. The van der Waals surface area contributed by atoms with Gasteiger partial charge in [0.05, 0.1) is 0 Å². The number of rotatable bonds is 6. The van der Waals surface area contributed by atoms with Crippen LogP contribution >= 0.6 is 0 Å². The SMILES string of the molecule is CCCCN(CC)c1cc(F)cc(C=O)c1. The molecule has 0 atom stereocenters. The Balaban J connectivity index is 2.90. The lowest BCUT2D eigenvalue weighted by molar-refractivity contribution is 0.112. The highest BCUT2D eigenvalue weighted by atomic mass is 19.1. The van der Waals surface area contributed by atoms with Gasteiger partial charge in [-0.15, -0.1) is 0 Å². The van der Waals surface area contributed by atoms with E-state index in [1.807, 2.05) is 6.92 Å². The minimum Gasteiger partial charge on any atom is -0.372 e. The molecule has 0 spiro atoms. The molecule has 0 amide bonds. The summed E-state index contributed by atoms with van der Waals surface area (Å²) >= 11 is 0. The van der Waals surface area contributed by atoms with Gasteiger partial charge < -0.3 is 4.90 Å². The fourth-order valence-corrected chi connectivity index (χ4v) is 1.67. The number of nitrogens with zero attached hydrogens (tertiary/aromatic N) is 1. The molecule has 2 nitrogen and oxygen atoms in total. The second-order valence-electron chi connectivity index (χ2n) is 3.79. The van der Waals surface area contributed by atoms with E-state index < -0.39 is 0 Å². The van der Waals surface area contributed by atoms with Crippen LogP contribution in [-0.2, 0) is 0 Å². The van der Waals surface area contributed by atoms with Gasteiger partial charge >= 0.3 is 0 Å². The molecule has 0 aliphatic carbocycles. The van der Waals surface area contributed by atoms with Gasteiger partial charge in [-0.05, 0) is 31.5 Å². The molecule has 0 aliphatic rings. The van der Waals surface area contributed by atoms with Gasteiger partial charge in [-0.3, -0.25) is 4.79 Å². The number of carbonyl (C=O) groups excluding carboxylic acids is 1. The Bertz CT molecular complexity index is 352. The summed E-state index contributed by atoms with van der Waals surface area (Å²) in [6, 6.07) is 4.46. The van der Waals surface area contributed by atoms with E-state index in [0.29, 0.717) is 11.8 Å². The number of hydrogen-bond donors (Lipinski definition) is 0. The fraction of sp³-hybridized carbons (Fsp3) is 0.462. The van der Waals surface area contributed by atoms with Crippen LogP contribution in [0.25, 0.3) is 0 Å². The molecule has 1 rings (SSSR count). The summed E-state index contributed by atoms with van der Waals surface area (Å²) in [5.41, 5.74) is 1.18. The van der Waals surface area contributed by atoms with Crippen LogP contribution in [0.15, 0.2) is 18.2 Å². The molecule has 0 N–H and O–H groups in total. The third-order valence-electron chi connectivity index (χ3n) is 2.57. The topological polar surface area (TPSA) is 20.3 Å². The van der Waals surface area contributed by atoms with Crippen LogP contribution in [0.4, 0.5) is 10.1 Å². The molecule has 0 unspecified atom stereocenters. The summed E-state index contributed by atoms with van der Waals surface area (Å²) in [5, 5.41) is 0. The van der Waals surface area contributed by atoms with E-state index in [1.54, 1.807) is 6.07 Å². The molecular formula is C13H18FNO. The summed E-state index contributed by atoms with van der Waals surface area (Å²) in [4.78, 5) is 12.7. The summed E-state index contributed by atoms with van der Waals surface area (Å²) in [6.07, 6.45) is 2.85. The standard InChI is InChI=1S/C13H18FNO/c1-3-5-6-15(4-2)13-8-11(10-16)7-12(14)9-13/h7-10H,3-6H2,1-2H3. The number of hydrogen-bond acceptors (Lipinski definition) is 2. The Morgan fingerprint density at radius 3 is 2.62 bits per heavy atom. The largest absolute Gasteiger partial charge is 0.372 e. The lowest BCUT2D eigenvalue weighted by Crippen LogP contribution is -2.24. The summed E-state index contributed by atoms with van der Waals surface area (Å²) < 4.78 is 13.2. The molecule has 3 heteroatoms. The van der Waals surface area contributed by atoms with E-state index in [1.165, 1.54) is 12.1 Å². The van der Waals surface area contributed by atoms with E-state index in [9.17, 15) is 9.18 Å². The van der Waals surface area contributed by atoms with Crippen molar-refractivity contribution in [3.63, 3.8) is 0 Å². The Morgan fingerprint density at radius 1 is 1.31 bits per heavy atom. The first-order valence-electron chi connectivity index (χ1n) is 5.72. The van der Waals surface area contributed by atoms with Crippen LogP contribution in [0.5, 0.6) is 0 Å². The van der Waals surface area contributed by atoms with Crippen molar-refractivity contribution in [1.82, 2.24) is 0 Å². The molecule has 0 bridgehead atoms. The molecule has 0 aromatic heterocycles. The average molecular weight is 223 g/mol. The van der Waals surface area contributed by atoms with E-state index >= 15 is 0 Å². The zero-order valence-electron chi connectivity index (χ0n) is 9.87. The van der Waals surface area contributed by atoms with Gasteiger partial charge in [0.2, 0.25) is 0 Å². The second kappa shape index (κ2) is 6.26. The van der Waals surface area contributed by atoms with Gasteiger partial charge in [0.25, 0.3) is 0 Å². The van der Waals surface area contributed by atoms with Crippen molar-refractivity contribution in [1.29, 1.82) is 0 Å². The molecule has 0 radical (unpaired) electrons. The van der Waals surface area contributed by atoms with Crippen molar-refractivity contribution in [2.24, 2.45) is 0 Å². The van der Waals surface area contributed by atoms with E-state index in [4.69, 9.17) is 0 Å². The van der Waals surface area contributed by atoms with E-state index in [0.717, 1.165) is 31.6 Å². The molecule has 1 aromatic rings. The first-order chi connectivity index (χ1) is 7.71. The lowest BCUT2D eigenvalue weighted by atomic mass is 10.2. The van der Waals surface area contributed by atoms with Gasteiger partial charge in [0, 0.05) is 24.3 Å². The summed E-state index contributed by atoms with van der Waals surface area (Å²) in [5.74, 6) is -0.352. The first kappa shape index (κ1) is 12.7. The molecule has 0 heterocycles. The van der Waals surface area contributed by atoms with Crippen LogP contribution in [0, 0.1) is 5.82 Å². The van der Waals surface area contributed by atoms with Crippen LogP contribution in [0.1, 0.15) is 37.0 Å². The number of anilines is 1. The van der Waals surface area contributed by atoms with Gasteiger partial charge in [0.15, 0.2) is 0 Å². The predicted molar refractivity (Wildman–Crippen MR) is 64.6 cm³/mol. The highest BCUT2D eigenvalue weighted by molar-refractivity contribution is 5.77. The monoisotopic (exact) mass is 223 g/mol. The maximum absolute atomic E-state index is 13.2. The number of benzene rings is 1. The van der Waals surface area contributed by atoms with Gasteiger partial charge in [0.1, 0.15) is 12.1 Å². The van der Waals surface area contributed by atoms with Gasteiger partial charge in [-0.2, -0.15) is 0 Å². The van der Waals surface area contributed by atoms with Crippen molar-refractivity contribution < 1.29 is 9.18 Å². The lowest BCUT2D eigenvalue weighted by Gasteiger charge is -2.23. The Kier molecular flexibility index (Phi) is 4.96. The Hall–Kier alpha value is -1.38. The first-order valence-corrected chi connectivity index (χ1v) is 5.72. The maximum Gasteiger partial charge on any atom is 0.150 e. The molecule has 0 aliphatic heterocycles. The summed E-state index contributed by atoms with van der Waals surface area (Å²) in [6.45, 7) is 5.87. The van der Waals surface area contributed by atoms with Crippen LogP contribution in [-0.4, -0.2) is 19.4 Å². The molecule has 16 heavy (non-hydrogen) atoms. The van der Waals surface area contributed by atoms with E-state index in [2.05, 4.69) is 11.8 Å². The number of unbranched alkanes of at least 4 members (excludes halogenated alkanes) is 1. The minimum absolute atomic E-state index is 0.352. The van der Waals surface area contributed by atoms with Crippen LogP contribution in [0.2, 0.25) is 0 Å². The fourth-order valence-electron chi connectivity index (χ4n) is 1.67. The van der Waals surface area contributed by atoms with Crippen molar-refractivity contribution in [3.05, 3.63) is 29.6 Å². The molecule has 0 saturated heterocycles. The third-order valence-corrected chi connectivity index (χ3v) is 2.57. The number of aldehydes is 1. The molecule has 1 aromatic carbocycles. The van der Waals surface area contributed by atoms with E-state index in [-0.39, 0.29) is 5.82 Å². The average Bonchev–Trinajstić information content (AvgIpc) is 2.29. The Morgan fingerprint density at radius 2 is 2.06 bits per heavy atom. The molecular weight excluding hydrogens is 205 g/mol. The number of carbonyl (C=O) groups is 1. The normalized spacial score (nSPS) is 10.2. The predicted octanol–water partition coefficient (Wildman–Crippen LogP) is 3.26. The summed E-state index contributed by atoms with van der Waals surface area (Å²) in [7, 11) is 0. The zero-order chi connectivity index (χ0) is 12.0. The highest BCUT2D eigenvalue weighted by Gasteiger charge is 2.06. The van der Waals surface area contributed by atoms with Crippen LogP contribution in [0.3, 0.4) is 0 Å². The van der Waals surface area contributed by atoms with Crippen LogP contribution < -0.4 is 4.90 Å². The van der Waals surface area contributed by atoms with Crippen molar-refractivity contribution in [3.8, 4) is 0 Å². The number of halogens is 1. The molecule has 0 saturated carbocycles. The maximum atomic E-state index is 13.2. The third kappa shape index (κ3) is 3.33. The van der Waals surface area contributed by atoms with Gasteiger partial charge in [-0.1, -0.05) is 13.3 Å². The minimum atomic E-state index is -0.352. The van der Waals surface area contributed by atoms with Gasteiger partial charge in [-0.25, -0.2) is 4.39 Å².